The van der Waals surface area contributed by atoms with E-state index in [-0.39, 0.29) is 25.3 Å². The zero-order valence-corrected chi connectivity index (χ0v) is 18.7. The molecule has 2 aromatic carbocycles. The Morgan fingerprint density at radius 1 is 0.909 bits per heavy atom. The summed E-state index contributed by atoms with van der Waals surface area (Å²) in [7, 11) is 4.61. The van der Waals surface area contributed by atoms with Crippen LogP contribution in [0.4, 0.5) is 0 Å². The lowest BCUT2D eigenvalue weighted by Gasteiger charge is -2.38. The summed E-state index contributed by atoms with van der Waals surface area (Å²) in [5.41, 5.74) is 2.33. The van der Waals surface area contributed by atoms with Gasteiger partial charge in [0.2, 0.25) is 12.5 Å². The quantitative estimate of drug-likeness (QED) is 0.629. The van der Waals surface area contributed by atoms with Gasteiger partial charge in [-0.15, -0.1) is 0 Å². The summed E-state index contributed by atoms with van der Waals surface area (Å²) >= 11 is 0. The first-order valence-electron chi connectivity index (χ1n) is 10.5. The van der Waals surface area contributed by atoms with Crippen molar-refractivity contribution in [3.8, 4) is 28.7 Å². The van der Waals surface area contributed by atoms with Crippen molar-refractivity contribution in [3.05, 3.63) is 41.0 Å². The van der Waals surface area contributed by atoms with Gasteiger partial charge in [0, 0.05) is 24.3 Å². The maximum atomic E-state index is 13.0. The average molecular weight is 456 g/mol. The van der Waals surface area contributed by atoms with Gasteiger partial charge >= 0.3 is 11.9 Å². The first-order chi connectivity index (χ1) is 16.0. The van der Waals surface area contributed by atoms with E-state index < -0.39 is 23.9 Å². The summed E-state index contributed by atoms with van der Waals surface area (Å²) in [4.78, 5) is 25.0. The van der Waals surface area contributed by atoms with E-state index in [2.05, 4.69) is 0 Å². The fourth-order valence-corrected chi connectivity index (χ4v) is 5.12. The third kappa shape index (κ3) is 3.30. The zero-order valence-electron chi connectivity index (χ0n) is 18.7. The maximum Gasteiger partial charge on any atom is 0.310 e. The van der Waals surface area contributed by atoms with E-state index in [0.717, 1.165) is 16.7 Å². The summed E-state index contributed by atoms with van der Waals surface area (Å²) in [6, 6.07) is 7.34. The highest BCUT2D eigenvalue weighted by molar-refractivity contribution is 5.79. The van der Waals surface area contributed by atoms with Crippen molar-refractivity contribution < 1.29 is 42.7 Å². The molecule has 3 aliphatic rings. The molecule has 1 fully saturated rings. The Kier molecular flexibility index (Phi) is 5.19. The number of carbonyl (C=O) groups excluding carboxylic acids is 2. The normalized spacial score (nSPS) is 24.4. The van der Waals surface area contributed by atoms with Gasteiger partial charge in [-0.05, 0) is 35.4 Å². The zero-order chi connectivity index (χ0) is 23.3. The molecule has 0 amide bonds. The fourth-order valence-electron chi connectivity index (χ4n) is 5.12. The third-order valence-corrected chi connectivity index (χ3v) is 6.46. The standard InChI is InChI=1S/C24H24O9/c1-11(25)33-22-14-8-17-16(31-10-32-17)7-13(14)20(21-15(22)9-30-24(21)26)12-5-18(27-2)23(29-4)19(6-12)28-3/h5-8,15,20-22H,9-10H2,1-4H3/t15-,20+,21-,22+/m0/s1. The number of cyclic esters (lactones) is 1. The SMILES string of the molecule is COc1cc([C@@H]2c3cc4c(cc3[C@@H](OC(C)=O)[C@H]3COC(=O)[C@H]23)OCO4)cc(OC)c1OC. The molecule has 0 unspecified atom stereocenters. The fraction of sp³-hybridized carbons (Fsp3) is 0.417. The predicted molar refractivity (Wildman–Crippen MR) is 113 cm³/mol. The Hall–Kier alpha value is -3.62. The van der Waals surface area contributed by atoms with Gasteiger partial charge in [0.25, 0.3) is 0 Å². The molecule has 9 nitrogen and oxygen atoms in total. The van der Waals surface area contributed by atoms with Gasteiger partial charge < -0.3 is 33.2 Å². The number of hydrogen-bond acceptors (Lipinski definition) is 9. The molecule has 0 aromatic heterocycles. The summed E-state index contributed by atoms with van der Waals surface area (Å²) in [6.07, 6.45) is -0.651. The molecular formula is C24H24O9. The van der Waals surface area contributed by atoms with Crippen molar-refractivity contribution >= 4 is 11.9 Å². The summed E-state index contributed by atoms with van der Waals surface area (Å²) in [5, 5.41) is 0. The van der Waals surface area contributed by atoms with Gasteiger partial charge in [-0.1, -0.05) is 0 Å². The topological polar surface area (TPSA) is 98.8 Å². The van der Waals surface area contributed by atoms with Crippen molar-refractivity contribution in [1.82, 2.24) is 0 Å². The third-order valence-electron chi connectivity index (χ3n) is 6.46. The minimum absolute atomic E-state index is 0.0974. The lowest BCUT2D eigenvalue weighted by molar-refractivity contribution is -0.152. The highest BCUT2D eigenvalue weighted by Crippen LogP contribution is 2.56. The smallest absolute Gasteiger partial charge is 0.310 e. The molecule has 9 heteroatoms. The van der Waals surface area contributed by atoms with E-state index in [4.69, 9.17) is 33.2 Å². The Labute approximate surface area is 190 Å². The van der Waals surface area contributed by atoms with Gasteiger partial charge in [-0.25, -0.2) is 0 Å². The van der Waals surface area contributed by atoms with Gasteiger partial charge in [-0.3, -0.25) is 9.59 Å². The highest BCUT2D eigenvalue weighted by Gasteiger charge is 2.54. The molecule has 1 aliphatic carbocycles. The van der Waals surface area contributed by atoms with E-state index in [1.165, 1.54) is 28.3 Å². The average Bonchev–Trinajstić information content (AvgIpc) is 3.43. The van der Waals surface area contributed by atoms with Crippen LogP contribution < -0.4 is 23.7 Å². The maximum absolute atomic E-state index is 13.0. The van der Waals surface area contributed by atoms with E-state index in [0.29, 0.717) is 28.7 Å². The number of rotatable bonds is 5. The number of hydrogen-bond donors (Lipinski definition) is 0. The second kappa shape index (κ2) is 8.06. The van der Waals surface area contributed by atoms with Crippen LogP contribution in [0.5, 0.6) is 28.7 Å². The number of carbonyl (C=O) groups is 2. The molecule has 0 N–H and O–H groups in total. The Morgan fingerprint density at radius 3 is 2.12 bits per heavy atom. The lowest BCUT2D eigenvalue weighted by atomic mass is 9.66. The molecule has 1 saturated heterocycles. The van der Waals surface area contributed by atoms with Crippen LogP contribution in [-0.2, 0) is 19.1 Å². The molecule has 0 saturated carbocycles. The van der Waals surface area contributed by atoms with Gasteiger partial charge in [0.1, 0.15) is 6.10 Å². The monoisotopic (exact) mass is 456 g/mol. The van der Waals surface area contributed by atoms with Crippen LogP contribution in [0.1, 0.15) is 35.6 Å². The van der Waals surface area contributed by atoms with Gasteiger partial charge in [0.05, 0.1) is 33.9 Å². The van der Waals surface area contributed by atoms with Crippen LogP contribution in [0.2, 0.25) is 0 Å². The number of benzene rings is 2. The minimum atomic E-state index is -0.651. The molecular weight excluding hydrogens is 432 g/mol. The van der Waals surface area contributed by atoms with Crippen LogP contribution in [0.3, 0.4) is 0 Å². The van der Waals surface area contributed by atoms with Gasteiger partial charge in [0.15, 0.2) is 23.0 Å². The van der Waals surface area contributed by atoms with E-state index >= 15 is 0 Å². The van der Waals surface area contributed by atoms with E-state index in [1.54, 1.807) is 0 Å². The molecule has 0 radical (unpaired) electrons. The first kappa shape index (κ1) is 21.2. The Morgan fingerprint density at radius 2 is 1.55 bits per heavy atom. The molecule has 33 heavy (non-hydrogen) atoms. The van der Waals surface area contributed by atoms with Crippen molar-refractivity contribution in [2.24, 2.45) is 11.8 Å². The minimum Gasteiger partial charge on any atom is -0.493 e. The molecule has 2 aliphatic heterocycles. The first-order valence-corrected chi connectivity index (χ1v) is 10.5. The van der Waals surface area contributed by atoms with Crippen molar-refractivity contribution in [2.45, 2.75) is 18.9 Å². The number of esters is 2. The lowest BCUT2D eigenvalue weighted by Crippen LogP contribution is -2.36. The second-order valence-electron chi connectivity index (χ2n) is 8.12. The Bertz CT molecular complexity index is 1100. The summed E-state index contributed by atoms with van der Waals surface area (Å²) < 4.78 is 38.9. The van der Waals surface area contributed by atoms with E-state index in [1.807, 2.05) is 24.3 Å². The van der Waals surface area contributed by atoms with Crippen molar-refractivity contribution in [1.29, 1.82) is 0 Å². The Balaban J connectivity index is 1.75. The molecule has 5 rings (SSSR count). The summed E-state index contributed by atoms with van der Waals surface area (Å²) in [6.45, 7) is 1.60. The highest BCUT2D eigenvalue weighted by atomic mass is 16.7. The molecule has 4 atom stereocenters. The van der Waals surface area contributed by atoms with E-state index in [9.17, 15) is 9.59 Å². The van der Waals surface area contributed by atoms with Crippen molar-refractivity contribution in [3.63, 3.8) is 0 Å². The van der Waals surface area contributed by atoms with Gasteiger partial charge in [-0.2, -0.15) is 0 Å². The molecule has 174 valence electrons. The van der Waals surface area contributed by atoms with Crippen LogP contribution in [0, 0.1) is 11.8 Å². The number of methoxy groups -OCH3 is 3. The van der Waals surface area contributed by atoms with Crippen LogP contribution in [0.25, 0.3) is 0 Å². The molecule has 0 spiro atoms. The predicted octanol–water partition coefficient (Wildman–Crippen LogP) is 2.98. The molecule has 2 heterocycles. The molecule has 0 bridgehead atoms. The largest absolute Gasteiger partial charge is 0.493 e. The van der Waals surface area contributed by atoms with Crippen LogP contribution >= 0.6 is 0 Å². The number of fused-ring (bicyclic) bond motifs is 3. The van der Waals surface area contributed by atoms with Crippen LogP contribution in [-0.4, -0.2) is 46.7 Å². The summed E-state index contributed by atoms with van der Waals surface area (Å²) in [5.74, 6) is 0.383. The number of ether oxygens (including phenoxy) is 7. The second-order valence-corrected chi connectivity index (χ2v) is 8.12. The van der Waals surface area contributed by atoms with Crippen LogP contribution in [0.15, 0.2) is 24.3 Å². The van der Waals surface area contributed by atoms with Crippen molar-refractivity contribution in [2.75, 3.05) is 34.7 Å². The molecule has 2 aromatic rings.